The number of ether oxygens (including phenoxy) is 1. The minimum Gasteiger partial charge on any atom is -0.381 e. The monoisotopic (exact) mass is 181 g/mol. The van der Waals surface area contributed by atoms with Crippen molar-refractivity contribution in [3.63, 3.8) is 0 Å². The molecule has 72 valence electrons. The van der Waals surface area contributed by atoms with E-state index >= 15 is 0 Å². The summed E-state index contributed by atoms with van der Waals surface area (Å²) in [4.78, 5) is 11.4. The van der Waals surface area contributed by atoms with Crippen molar-refractivity contribution in [1.29, 1.82) is 0 Å². The molecular formula is C10H15NO2. The van der Waals surface area contributed by atoms with E-state index in [1.165, 1.54) is 0 Å². The van der Waals surface area contributed by atoms with Crippen LogP contribution in [0.1, 0.15) is 19.3 Å². The van der Waals surface area contributed by atoms with Gasteiger partial charge in [0, 0.05) is 32.1 Å². The van der Waals surface area contributed by atoms with E-state index in [0.717, 1.165) is 12.8 Å². The van der Waals surface area contributed by atoms with Crippen molar-refractivity contribution in [2.75, 3.05) is 19.8 Å². The van der Waals surface area contributed by atoms with Gasteiger partial charge < -0.3 is 10.1 Å². The normalized spacial score (nSPS) is 17.8. The number of nitrogens with one attached hydrogen (secondary N) is 1. The average Bonchev–Trinajstić information content (AvgIpc) is 2.19. The lowest BCUT2D eigenvalue weighted by Gasteiger charge is -2.20. The third-order valence-corrected chi connectivity index (χ3v) is 2.16. The molecule has 0 aliphatic carbocycles. The Morgan fingerprint density at radius 1 is 1.54 bits per heavy atom. The van der Waals surface area contributed by atoms with E-state index in [0.29, 0.717) is 26.2 Å². The first-order chi connectivity index (χ1) is 6.34. The van der Waals surface area contributed by atoms with Crippen LogP contribution in [0.3, 0.4) is 0 Å². The highest BCUT2D eigenvalue weighted by molar-refractivity contribution is 5.78. The van der Waals surface area contributed by atoms with Crippen molar-refractivity contribution in [1.82, 2.24) is 5.32 Å². The van der Waals surface area contributed by atoms with Crippen LogP contribution in [-0.2, 0) is 9.53 Å². The molecule has 1 heterocycles. The number of terminal acetylenes is 1. The number of hydrogen-bond donors (Lipinski definition) is 1. The first-order valence-electron chi connectivity index (χ1n) is 4.63. The summed E-state index contributed by atoms with van der Waals surface area (Å²) in [5.41, 5.74) is 0. The van der Waals surface area contributed by atoms with Gasteiger partial charge in [0.05, 0.1) is 0 Å². The molecule has 0 bridgehead atoms. The Labute approximate surface area is 78.8 Å². The van der Waals surface area contributed by atoms with Crippen LogP contribution in [0.25, 0.3) is 0 Å². The number of rotatable bonds is 3. The van der Waals surface area contributed by atoms with Gasteiger partial charge in [0.25, 0.3) is 0 Å². The maximum Gasteiger partial charge on any atom is 0.223 e. The third kappa shape index (κ3) is 3.47. The fourth-order valence-corrected chi connectivity index (χ4v) is 1.36. The predicted octanol–water partition coefficient (Wildman–Crippen LogP) is 0.552. The Balaban J connectivity index is 2.18. The minimum absolute atomic E-state index is 0.124. The largest absolute Gasteiger partial charge is 0.381 e. The van der Waals surface area contributed by atoms with Gasteiger partial charge in [0.1, 0.15) is 0 Å². The van der Waals surface area contributed by atoms with Gasteiger partial charge in [-0.2, -0.15) is 0 Å². The van der Waals surface area contributed by atoms with E-state index in [1.807, 2.05) is 0 Å². The number of amides is 1. The molecule has 1 amide bonds. The van der Waals surface area contributed by atoms with E-state index < -0.39 is 0 Å². The number of carbonyl (C=O) groups is 1. The molecule has 0 atom stereocenters. The first-order valence-corrected chi connectivity index (χ1v) is 4.63. The van der Waals surface area contributed by atoms with Crippen LogP contribution in [-0.4, -0.2) is 25.7 Å². The van der Waals surface area contributed by atoms with Gasteiger partial charge in [0.2, 0.25) is 5.91 Å². The average molecular weight is 181 g/mol. The van der Waals surface area contributed by atoms with Gasteiger partial charge >= 0.3 is 0 Å². The van der Waals surface area contributed by atoms with Gasteiger partial charge in [0.15, 0.2) is 0 Å². The van der Waals surface area contributed by atoms with Crippen molar-refractivity contribution in [2.45, 2.75) is 19.3 Å². The Bertz CT molecular complexity index is 201. The van der Waals surface area contributed by atoms with Crippen molar-refractivity contribution in [3.05, 3.63) is 0 Å². The standard InChI is InChI=1S/C10H15NO2/c1-2-3-6-11-10(12)9-4-7-13-8-5-9/h1,9H,3-8H2,(H,11,12). The molecule has 0 aromatic rings. The maximum absolute atomic E-state index is 11.4. The zero-order valence-electron chi connectivity index (χ0n) is 7.71. The lowest BCUT2D eigenvalue weighted by molar-refractivity contribution is -0.127. The summed E-state index contributed by atoms with van der Waals surface area (Å²) in [6, 6.07) is 0. The highest BCUT2D eigenvalue weighted by Gasteiger charge is 2.20. The van der Waals surface area contributed by atoms with Crippen molar-refractivity contribution >= 4 is 5.91 Å². The summed E-state index contributed by atoms with van der Waals surface area (Å²) in [6.07, 6.45) is 7.35. The van der Waals surface area contributed by atoms with Crippen LogP contribution in [0.5, 0.6) is 0 Å². The summed E-state index contributed by atoms with van der Waals surface area (Å²) in [6.45, 7) is 1.99. The smallest absolute Gasteiger partial charge is 0.223 e. The molecule has 1 fully saturated rings. The highest BCUT2D eigenvalue weighted by atomic mass is 16.5. The lowest BCUT2D eigenvalue weighted by Crippen LogP contribution is -2.34. The fraction of sp³-hybridized carbons (Fsp3) is 0.700. The van der Waals surface area contributed by atoms with E-state index in [4.69, 9.17) is 11.2 Å². The summed E-state index contributed by atoms with van der Waals surface area (Å²) >= 11 is 0. The Kier molecular flexibility index (Phi) is 4.34. The summed E-state index contributed by atoms with van der Waals surface area (Å²) in [5, 5.41) is 2.82. The zero-order chi connectivity index (χ0) is 9.52. The molecule has 0 spiro atoms. The predicted molar refractivity (Wildman–Crippen MR) is 50.0 cm³/mol. The van der Waals surface area contributed by atoms with Crippen LogP contribution in [0.2, 0.25) is 0 Å². The summed E-state index contributed by atoms with van der Waals surface area (Å²) in [5.74, 6) is 2.74. The molecule has 1 aliphatic rings. The molecule has 0 radical (unpaired) electrons. The van der Waals surface area contributed by atoms with E-state index in [-0.39, 0.29) is 11.8 Å². The number of carbonyl (C=O) groups excluding carboxylic acids is 1. The second-order valence-corrected chi connectivity index (χ2v) is 3.13. The van der Waals surface area contributed by atoms with E-state index in [2.05, 4.69) is 11.2 Å². The molecule has 13 heavy (non-hydrogen) atoms. The molecule has 1 N–H and O–H groups in total. The molecule has 3 nitrogen and oxygen atoms in total. The molecule has 1 rings (SSSR count). The van der Waals surface area contributed by atoms with Crippen LogP contribution < -0.4 is 5.32 Å². The van der Waals surface area contributed by atoms with Crippen LogP contribution in [0.4, 0.5) is 0 Å². The maximum atomic E-state index is 11.4. The van der Waals surface area contributed by atoms with Gasteiger partial charge in [-0.1, -0.05) is 0 Å². The van der Waals surface area contributed by atoms with Gasteiger partial charge in [-0.05, 0) is 12.8 Å². The van der Waals surface area contributed by atoms with Crippen LogP contribution in [0, 0.1) is 18.3 Å². The topological polar surface area (TPSA) is 38.3 Å². The Morgan fingerprint density at radius 3 is 2.85 bits per heavy atom. The van der Waals surface area contributed by atoms with Gasteiger partial charge in [-0.15, -0.1) is 12.3 Å². The molecule has 1 saturated heterocycles. The molecule has 0 aromatic carbocycles. The van der Waals surface area contributed by atoms with Gasteiger partial charge in [-0.3, -0.25) is 4.79 Å². The summed E-state index contributed by atoms with van der Waals surface area (Å²) in [7, 11) is 0. The van der Waals surface area contributed by atoms with Crippen LogP contribution in [0.15, 0.2) is 0 Å². The van der Waals surface area contributed by atoms with Crippen molar-refractivity contribution in [3.8, 4) is 12.3 Å². The molecule has 0 unspecified atom stereocenters. The van der Waals surface area contributed by atoms with Crippen LogP contribution >= 0.6 is 0 Å². The SMILES string of the molecule is C#CCCNC(=O)C1CCOCC1. The molecule has 3 heteroatoms. The molecule has 1 aliphatic heterocycles. The molecule has 0 saturated carbocycles. The fourth-order valence-electron chi connectivity index (χ4n) is 1.36. The van der Waals surface area contributed by atoms with Crippen molar-refractivity contribution < 1.29 is 9.53 Å². The zero-order valence-corrected chi connectivity index (χ0v) is 7.71. The van der Waals surface area contributed by atoms with E-state index in [1.54, 1.807) is 0 Å². The quantitative estimate of drug-likeness (QED) is 0.510. The first kappa shape index (κ1) is 10.1. The highest BCUT2D eigenvalue weighted by Crippen LogP contribution is 2.14. The molecular weight excluding hydrogens is 166 g/mol. The van der Waals surface area contributed by atoms with Gasteiger partial charge in [-0.25, -0.2) is 0 Å². The Hall–Kier alpha value is -1.01. The van der Waals surface area contributed by atoms with Crippen molar-refractivity contribution in [2.24, 2.45) is 5.92 Å². The third-order valence-electron chi connectivity index (χ3n) is 2.16. The molecule has 0 aromatic heterocycles. The van der Waals surface area contributed by atoms with E-state index in [9.17, 15) is 4.79 Å². The minimum atomic E-state index is 0.124. The summed E-state index contributed by atoms with van der Waals surface area (Å²) < 4.78 is 5.16. The second-order valence-electron chi connectivity index (χ2n) is 3.13. The lowest BCUT2D eigenvalue weighted by atomic mass is 9.99. The number of hydrogen-bond acceptors (Lipinski definition) is 2. The Morgan fingerprint density at radius 2 is 2.23 bits per heavy atom. The second kappa shape index (κ2) is 5.60.